The second kappa shape index (κ2) is 5.63. The van der Waals surface area contributed by atoms with Gasteiger partial charge in [0.15, 0.2) is 0 Å². The lowest BCUT2D eigenvalue weighted by Crippen LogP contribution is -2.04. The maximum atomic E-state index is 6.16. The largest absolute Gasteiger partial charge is 0.487 e. The van der Waals surface area contributed by atoms with Crippen LogP contribution in [0.2, 0.25) is 5.02 Å². The minimum atomic E-state index is 0.379. The van der Waals surface area contributed by atoms with E-state index in [1.165, 1.54) is 0 Å². The molecule has 1 aromatic carbocycles. The smallest absolute Gasteiger partial charge is 0.131 e. The van der Waals surface area contributed by atoms with Crippen LogP contribution in [0.1, 0.15) is 17.0 Å². The van der Waals surface area contributed by atoms with Crippen LogP contribution in [0, 0.1) is 6.92 Å². The highest BCUT2D eigenvalue weighted by atomic mass is 35.5. The van der Waals surface area contributed by atoms with Crippen molar-refractivity contribution in [3.63, 3.8) is 0 Å². The van der Waals surface area contributed by atoms with Crippen molar-refractivity contribution in [1.29, 1.82) is 0 Å². The molecule has 0 saturated carbocycles. The van der Waals surface area contributed by atoms with E-state index in [-0.39, 0.29) is 0 Å². The summed E-state index contributed by atoms with van der Waals surface area (Å²) in [6.45, 7) is 2.25. The molecule has 0 aliphatic heterocycles. The minimum Gasteiger partial charge on any atom is -0.487 e. The number of halogens is 2. The van der Waals surface area contributed by atoms with Crippen molar-refractivity contribution in [2.24, 2.45) is 7.05 Å². The van der Waals surface area contributed by atoms with Crippen LogP contribution < -0.4 is 4.74 Å². The lowest BCUT2D eigenvalue weighted by molar-refractivity contribution is 0.292. The Morgan fingerprint density at radius 2 is 2.06 bits per heavy atom. The summed E-state index contributed by atoms with van der Waals surface area (Å²) >= 11 is 12.0. The number of hydrogen-bond donors (Lipinski definition) is 0. The summed E-state index contributed by atoms with van der Waals surface area (Å²) in [6, 6.07) is 7.69. The Morgan fingerprint density at radius 1 is 1.33 bits per heavy atom. The van der Waals surface area contributed by atoms with E-state index >= 15 is 0 Å². The van der Waals surface area contributed by atoms with E-state index in [9.17, 15) is 0 Å². The van der Waals surface area contributed by atoms with Crippen molar-refractivity contribution >= 4 is 23.2 Å². The molecule has 0 fully saturated rings. The van der Waals surface area contributed by atoms with Crippen LogP contribution in [0.5, 0.6) is 5.75 Å². The number of rotatable bonds is 4. The van der Waals surface area contributed by atoms with E-state index in [0.717, 1.165) is 22.7 Å². The summed E-state index contributed by atoms with van der Waals surface area (Å²) in [5, 5.41) is 4.90. The van der Waals surface area contributed by atoms with E-state index < -0.39 is 0 Å². The highest BCUT2D eigenvalue weighted by Crippen LogP contribution is 2.24. The van der Waals surface area contributed by atoms with Crippen LogP contribution in [0.4, 0.5) is 0 Å². The second-order valence-corrected chi connectivity index (χ2v) is 4.64. The minimum absolute atomic E-state index is 0.379. The van der Waals surface area contributed by atoms with Crippen LogP contribution >= 0.6 is 23.2 Å². The maximum Gasteiger partial charge on any atom is 0.131 e. The maximum absolute atomic E-state index is 6.16. The number of nitrogens with zero attached hydrogens (tertiary/aromatic N) is 2. The van der Waals surface area contributed by atoms with Gasteiger partial charge in [0.05, 0.1) is 22.3 Å². The molecule has 0 N–H and O–H groups in total. The van der Waals surface area contributed by atoms with Crippen LogP contribution in [0.25, 0.3) is 0 Å². The first-order valence-electron chi connectivity index (χ1n) is 5.58. The molecule has 18 heavy (non-hydrogen) atoms. The van der Waals surface area contributed by atoms with Crippen molar-refractivity contribution in [2.45, 2.75) is 19.4 Å². The van der Waals surface area contributed by atoms with Gasteiger partial charge in [0.2, 0.25) is 0 Å². The van der Waals surface area contributed by atoms with Crippen molar-refractivity contribution in [1.82, 2.24) is 9.78 Å². The fourth-order valence-electron chi connectivity index (χ4n) is 1.74. The molecule has 2 rings (SSSR count). The van der Waals surface area contributed by atoms with Gasteiger partial charge < -0.3 is 4.74 Å². The zero-order valence-corrected chi connectivity index (χ0v) is 11.8. The van der Waals surface area contributed by atoms with Crippen molar-refractivity contribution < 1.29 is 4.74 Å². The summed E-state index contributed by atoms with van der Waals surface area (Å²) in [5.74, 6) is 1.20. The fourth-order valence-corrected chi connectivity index (χ4v) is 2.17. The number of aryl methyl sites for hydroxylation is 2. The first-order chi connectivity index (χ1) is 8.63. The first-order valence-corrected chi connectivity index (χ1v) is 6.49. The van der Waals surface area contributed by atoms with Gasteiger partial charge in [-0.15, -0.1) is 11.6 Å². The molecule has 0 atom stereocenters. The van der Waals surface area contributed by atoms with Gasteiger partial charge in [-0.05, 0) is 13.0 Å². The number of benzene rings is 1. The molecule has 0 saturated heterocycles. The zero-order chi connectivity index (χ0) is 13.1. The molecule has 2 aromatic rings. The Morgan fingerprint density at radius 3 is 2.67 bits per heavy atom. The molecule has 0 aliphatic rings. The third-order valence-corrected chi connectivity index (χ3v) is 3.52. The Balaban J connectivity index is 2.16. The van der Waals surface area contributed by atoms with Crippen molar-refractivity contribution in [3.05, 3.63) is 46.2 Å². The average Bonchev–Trinajstić information content (AvgIpc) is 2.62. The van der Waals surface area contributed by atoms with Gasteiger partial charge in [-0.25, -0.2) is 0 Å². The molecule has 0 bridgehead atoms. The molecule has 5 heteroatoms. The molecule has 1 heterocycles. The SMILES string of the molecule is Cc1nn(C)c(COc2ccccc2CCl)c1Cl. The molecule has 96 valence electrons. The lowest BCUT2D eigenvalue weighted by atomic mass is 10.2. The summed E-state index contributed by atoms with van der Waals surface area (Å²) in [6.07, 6.45) is 0. The summed E-state index contributed by atoms with van der Waals surface area (Å²) in [5.41, 5.74) is 2.64. The third kappa shape index (κ3) is 2.62. The van der Waals surface area contributed by atoms with Gasteiger partial charge in [-0.3, -0.25) is 4.68 Å². The lowest BCUT2D eigenvalue weighted by Gasteiger charge is -2.10. The van der Waals surface area contributed by atoms with Crippen molar-refractivity contribution in [2.75, 3.05) is 0 Å². The molecule has 0 aliphatic carbocycles. The predicted molar refractivity (Wildman–Crippen MR) is 73.3 cm³/mol. The van der Waals surface area contributed by atoms with Gasteiger partial charge in [-0.1, -0.05) is 29.8 Å². The Hall–Kier alpha value is -1.19. The Kier molecular flexibility index (Phi) is 4.15. The molecule has 0 amide bonds. The van der Waals surface area contributed by atoms with Crippen LogP contribution in [0.3, 0.4) is 0 Å². The standard InChI is InChI=1S/C13H14Cl2N2O/c1-9-13(15)11(17(2)16-9)8-18-12-6-4-3-5-10(12)7-14/h3-6H,7-8H2,1-2H3. The van der Waals surface area contributed by atoms with E-state index in [4.69, 9.17) is 27.9 Å². The van der Waals surface area contributed by atoms with Gasteiger partial charge in [-0.2, -0.15) is 5.10 Å². The predicted octanol–water partition coefficient (Wildman–Crippen LogP) is 3.70. The Labute approximate surface area is 116 Å². The number of alkyl halides is 1. The highest BCUT2D eigenvalue weighted by Gasteiger charge is 2.12. The van der Waals surface area contributed by atoms with Gasteiger partial charge in [0, 0.05) is 12.6 Å². The fraction of sp³-hybridized carbons (Fsp3) is 0.308. The molecule has 0 radical (unpaired) electrons. The van der Waals surface area contributed by atoms with Crippen LogP contribution in [0.15, 0.2) is 24.3 Å². The van der Waals surface area contributed by atoms with E-state index in [2.05, 4.69) is 5.10 Å². The van der Waals surface area contributed by atoms with E-state index in [0.29, 0.717) is 17.5 Å². The zero-order valence-electron chi connectivity index (χ0n) is 10.3. The quantitative estimate of drug-likeness (QED) is 0.801. The molecule has 3 nitrogen and oxygen atoms in total. The van der Waals surface area contributed by atoms with Crippen LogP contribution in [-0.4, -0.2) is 9.78 Å². The molecule has 0 spiro atoms. The van der Waals surface area contributed by atoms with Gasteiger partial charge >= 0.3 is 0 Å². The van der Waals surface area contributed by atoms with E-state index in [1.54, 1.807) is 4.68 Å². The van der Waals surface area contributed by atoms with Crippen LogP contribution in [-0.2, 0) is 19.5 Å². The monoisotopic (exact) mass is 284 g/mol. The number of hydrogen-bond acceptors (Lipinski definition) is 2. The van der Waals surface area contributed by atoms with Crippen molar-refractivity contribution in [3.8, 4) is 5.75 Å². The average molecular weight is 285 g/mol. The van der Waals surface area contributed by atoms with Gasteiger partial charge in [0.25, 0.3) is 0 Å². The summed E-state index contributed by atoms with van der Waals surface area (Å²) in [4.78, 5) is 0. The second-order valence-electron chi connectivity index (χ2n) is 4.00. The summed E-state index contributed by atoms with van der Waals surface area (Å²) < 4.78 is 7.50. The van der Waals surface area contributed by atoms with Gasteiger partial charge in [0.1, 0.15) is 12.4 Å². The topological polar surface area (TPSA) is 27.1 Å². The Bertz CT molecular complexity index is 552. The number of para-hydroxylation sites is 1. The third-order valence-electron chi connectivity index (χ3n) is 2.74. The number of ether oxygens (including phenoxy) is 1. The number of aromatic nitrogens is 2. The molecule has 1 aromatic heterocycles. The normalized spacial score (nSPS) is 10.7. The van der Waals surface area contributed by atoms with E-state index in [1.807, 2.05) is 38.2 Å². The molecular formula is C13H14Cl2N2O. The summed E-state index contributed by atoms with van der Waals surface area (Å²) in [7, 11) is 1.85. The molecular weight excluding hydrogens is 271 g/mol. The highest BCUT2D eigenvalue weighted by molar-refractivity contribution is 6.31. The molecule has 0 unspecified atom stereocenters. The first kappa shape index (κ1) is 13.2.